The highest BCUT2D eigenvalue weighted by Gasteiger charge is 2.35. The minimum atomic E-state index is 0.0977. The summed E-state index contributed by atoms with van der Waals surface area (Å²) in [7, 11) is 0. The van der Waals surface area contributed by atoms with E-state index in [4.69, 9.17) is 5.73 Å². The van der Waals surface area contributed by atoms with Gasteiger partial charge in [-0.25, -0.2) is 0 Å². The zero-order chi connectivity index (χ0) is 12.0. The van der Waals surface area contributed by atoms with Gasteiger partial charge in [-0.05, 0) is 24.8 Å². The number of benzene rings is 1. The molecule has 1 unspecified atom stereocenters. The monoisotopic (exact) mass is 227 g/mol. The summed E-state index contributed by atoms with van der Waals surface area (Å²) in [6, 6.07) is 9.49. The SMILES string of the molecule is Cc1cccc2cc(C(C)N)[n+](C3CC3)cc12. The summed E-state index contributed by atoms with van der Waals surface area (Å²) in [6.45, 7) is 4.24. The molecule has 3 rings (SSSR count). The molecule has 1 aromatic heterocycles. The molecule has 2 nitrogen and oxygen atoms in total. The molecular formula is C15H19N2+. The van der Waals surface area contributed by atoms with Crippen LogP contribution in [0.5, 0.6) is 0 Å². The quantitative estimate of drug-likeness (QED) is 0.786. The lowest BCUT2D eigenvalue weighted by Gasteiger charge is -2.09. The highest BCUT2D eigenvalue weighted by Crippen LogP contribution is 2.31. The molecule has 0 amide bonds. The molecule has 0 radical (unpaired) electrons. The van der Waals surface area contributed by atoms with E-state index in [0.29, 0.717) is 6.04 Å². The Morgan fingerprint density at radius 2 is 2.12 bits per heavy atom. The lowest BCUT2D eigenvalue weighted by Crippen LogP contribution is -2.39. The zero-order valence-corrected chi connectivity index (χ0v) is 10.5. The number of hydrogen-bond donors (Lipinski definition) is 1. The van der Waals surface area contributed by atoms with Crippen molar-refractivity contribution in [3.63, 3.8) is 0 Å². The third-order valence-electron chi connectivity index (χ3n) is 3.63. The van der Waals surface area contributed by atoms with Gasteiger partial charge in [0.2, 0.25) is 0 Å². The molecule has 1 heterocycles. The predicted octanol–water partition coefficient (Wildman–Crippen LogP) is 2.79. The molecule has 2 heteroatoms. The van der Waals surface area contributed by atoms with Crippen molar-refractivity contribution in [2.24, 2.45) is 5.73 Å². The third kappa shape index (κ3) is 1.83. The van der Waals surface area contributed by atoms with Gasteiger partial charge in [-0.2, -0.15) is 4.57 Å². The fourth-order valence-corrected chi connectivity index (χ4v) is 2.49. The smallest absolute Gasteiger partial charge is 0.198 e. The van der Waals surface area contributed by atoms with Crippen molar-refractivity contribution in [1.82, 2.24) is 0 Å². The van der Waals surface area contributed by atoms with Gasteiger partial charge in [-0.15, -0.1) is 0 Å². The van der Waals surface area contributed by atoms with Crippen LogP contribution in [0.1, 0.15) is 43.1 Å². The van der Waals surface area contributed by atoms with Crippen molar-refractivity contribution in [1.29, 1.82) is 0 Å². The van der Waals surface area contributed by atoms with E-state index in [0.717, 1.165) is 0 Å². The summed E-state index contributed by atoms with van der Waals surface area (Å²) in [6.07, 6.45) is 4.88. The van der Waals surface area contributed by atoms with Crippen molar-refractivity contribution >= 4 is 10.8 Å². The summed E-state index contributed by atoms with van der Waals surface area (Å²) >= 11 is 0. The van der Waals surface area contributed by atoms with Gasteiger partial charge < -0.3 is 5.73 Å². The second-order valence-electron chi connectivity index (χ2n) is 5.20. The van der Waals surface area contributed by atoms with Gasteiger partial charge in [0.15, 0.2) is 17.9 Å². The van der Waals surface area contributed by atoms with E-state index in [9.17, 15) is 0 Å². The molecule has 17 heavy (non-hydrogen) atoms. The van der Waals surface area contributed by atoms with E-state index in [2.05, 4.69) is 48.9 Å². The number of nitrogens with two attached hydrogens (primary N) is 1. The van der Waals surface area contributed by atoms with Gasteiger partial charge >= 0.3 is 0 Å². The number of pyridine rings is 1. The lowest BCUT2D eigenvalue weighted by molar-refractivity contribution is -0.707. The highest BCUT2D eigenvalue weighted by atomic mass is 15.0. The third-order valence-corrected chi connectivity index (χ3v) is 3.63. The number of fused-ring (bicyclic) bond motifs is 1. The molecule has 0 aliphatic heterocycles. The first-order valence-electron chi connectivity index (χ1n) is 6.37. The molecule has 2 N–H and O–H groups in total. The summed E-state index contributed by atoms with van der Waals surface area (Å²) in [5, 5.41) is 2.65. The van der Waals surface area contributed by atoms with Crippen LogP contribution >= 0.6 is 0 Å². The Kier molecular flexibility index (Phi) is 2.40. The number of rotatable bonds is 2. The standard InChI is InChI=1S/C15H19N2/c1-10-4-3-5-12-8-15(11(2)16)17(9-14(10)12)13-6-7-13/h3-5,8-9,11,13H,6-7,16H2,1-2H3/q+1. The van der Waals surface area contributed by atoms with Gasteiger partial charge in [-0.3, -0.25) is 0 Å². The van der Waals surface area contributed by atoms with Crippen LogP contribution in [0.25, 0.3) is 10.8 Å². The van der Waals surface area contributed by atoms with Crippen molar-refractivity contribution in [3.8, 4) is 0 Å². The average molecular weight is 227 g/mol. The van der Waals surface area contributed by atoms with Crippen LogP contribution in [0, 0.1) is 6.92 Å². The normalized spacial score (nSPS) is 17.4. The molecule has 1 aromatic carbocycles. The van der Waals surface area contributed by atoms with Gasteiger partial charge in [0.1, 0.15) is 0 Å². The molecule has 1 atom stereocenters. The fraction of sp³-hybridized carbons (Fsp3) is 0.400. The van der Waals surface area contributed by atoms with Crippen LogP contribution in [-0.2, 0) is 0 Å². The fourth-order valence-electron chi connectivity index (χ4n) is 2.49. The average Bonchev–Trinajstić information content (AvgIpc) is 3.12. The first-order valence-corrected chi connectivity index (χ1v) is 6.37. The van der Waals surface area contributed by atoms with Crippen LogP contribution in [0.2, 0.25) is 0 Å². The molecule has 1 saturated carbocycles. The van der Waals surface area contributed by atoms with Gasteiger partial charge in [0, 0.05) is 24.3 Å². The number of aromatic nitrogens is 1. The first kappa shape index (κ1) is 10.7. The minimum absolute atomic E-state index is 0.0977. The van der Waals surface area contributed by atoms with E-state index in [1.54, 1.807) is 0 Å². The topological polar surface area (TPSA) is 29.9 Å². The molecule has 0 saturated heterocycles. The van der Waals surface area contributed by atoms with Crippen LogP contribution in [0.4, 0.5) is 0 Å². The lowest BCUT2D eigenvalue weighted by atomic mass is 10.0. The largest absolute Gasteiger partial charge is 0.319 e. The number of aryl methyl sites for hydroxylation is 1. The second-order valence-corrected chi connectivity index (χ2v) is 5.20. The van der Waals surface area contributed by atoms with E-state index in [1.807, 2.05) is 0 Å². The summed E-state index contributed by atoms with van der Waals surface area (Å²) in [5.74, 6) is 0. The van der Waals surface area contributed by atoms with E-state index < -0.39 is 0 Å². The Morgan fingerprint density at radius 1 is 1.35 bits per heavy atom. The van der Waals surface area contributed by atoms with Crippen molar-refractivity contribution in [2.45, 2.75) is 38.8 Å². The Morgan fingerprint density at radius 3 is 2.76 bits per heavy atom. The van der Waals surface area contributed by atoms with Crippen LogP contribution < -0.4 is 10.3 Å². The molecule has 0 bridgehead atoms. The summed E-state index contributed by atoms with van der Waals surface area (Å²) in [5.41, 5.74) is 8.68. The zero-order valence-electron chi connectivity index (χ0n) is 10.5. The maximum absolute atomic E-state index is 6.09. The molecule has 1 fully saturated rings. The molecule has 1 aliphatic rings. The minimum Gasteiger partial charge on any atom is -0.319 e. The van der Waals surface area contributed by atoms with Gasteiger partial charge in [0.25, 0.3) is 0 Å². The van der Waals surface area contributed by atoms with Crippen molar-refractivity contribution < 1.29 is 4.57 Å². The maximum Gasteiger partial charge on any atom is 0.198 e. The summed E-state index contributed by atoms with van der Waals surface area (Å²) in [4.78, 5) is 0. The first-order chi connectivity index (χ1) is 8.16. The molecule has 0 spiro atoms. The Bertz CT molecular complexity index is 568. The predicted molar refractivity (Wildman–Crippen MR) is 69.8 cm³/mol. The Hall–Kier alpha value is -1.41. The maximum atomic E-state index is 6.09. The second kappa shape index (κ2) is 3.81. The highest BCUT2D eigenvalue weighted by molar-refractivity contribution is 5.84. The van der Waals surface area contributed by atoms with Gasteiger partial charge in [0.05, 0.1) is 6.04 Å². The summed E-state index contributed by atoms with van der Waals surface area (Å²) < 4.78 is 2.39. The Balaban J connectivity index is 2.28. The van der Waals surface area contributed by atoms with E-state index >= 15 is 0 Å². The van der Waals surface area contributed by atoms with Crippen LogP contribution in [-0.4, -0.2) is 0 Å². The molecular weight excluding hydrogens is 208 g/mol. The van der Waals surface area contributed by atoms with Gasteiger partial charge in [-0.1, -0.05) is 18.2 Å². The molecule has 2 aromatic rings. The van der Waals surface area contributed by atoms with Crippen LogP contribution in [0.15, 0.2) is 30.5 Å². The number of nitrogens with zero attached hydrogens (tertiary/aromatic N) is 1. The number of hydrogen-bond acceptors (Lipinski definition) is 1. The van der Waals surface area contributed by atoms with Crippen LogP contribution in [0.3, 0.4) is 0 Å². The van der Waals surface area contributed by atoms with Crippen molar-refractivity contribution in [2.75, 3.05) is 0 Å². The molecule has 1 aliphatic carbocycles. The van der Waals surface area contributed by atoms with E-state index in [1.165, 1.54) is 34.9 Å². The van der Waals surface area contributed by atoms with E-state index in [-0.39, 0.29) is 6.04 Å². The van der Waals surface area contributed by atoms with Crippen molar-refractivity contribution in [3.05, 3.63) is 41.7 Å². The Labute approximate surface area is 102 Å². The molecule has 88 valence electrons.